The topological polar surface area (TPSA) is 56.4 Å². The van der Waals surface area contributed by atoms with Crippen molar-refractivity contribution in [1.29, 1.82) is 0 Å². The van der Waals surface area contributed by atoms with Crippen LogP contribution in [0.3, 0.4) is 0 Å². The molecule has 0 bridgehead atoms. The van der Waals surface area contributed by atoms with Gasteiger partial charge in [-0.2, -0.15) is 13.2 Å². The minimum Gasteiger partial charge on any atom is -0.268 e. The molecule has 0 saturated heterocycles. The van der Waals surface area contributed by atoms with E-state index in [4.69, 9.17) is 11.6 Å². The SMILES string of the molecule is O=c1c(Cc2ccc(Cl)cc2)cn2c(=O)c3ccccc3nc2n1-c1ccc(C(F)(F)F)cc1. The Morgan fingerprint density at radius 2 is 1.53 bits per heavy atom. The number of fused-ring (bicyclic) bond motifs is 2. The van der Waals surface area contributed by atoms with Gasteiger partial charge in [0.25, 0.3) is 11.1 Å². The van der Waals surface area contributed by atoms with Crippen LogP contribution in [0.4, 0.5) is 13.2 Å². The summed E-state index contributed by atoms with van der Waals surface area (Å²) in [7, 11) is 0. The Hall–Kier alpha value is -3.91. The molecule has 34 heavy (non-hydrogen) atoms. The molecular weight excluding hydrogens is 467 g/mol. The van der Waals surface area contributed by atoms with Crippen LogP contribution in [0.15, 0.2) is 88.6 Å². The van der Waals surface area contributed by atoms with Gasteiger partial charge in [0.2, 0.25) is 5.78 Å². The summed E-state index contributed by atoms with van der Waals surface area (Å²) in [5.41, 5.74) is -0.138. The maximum Gasteiger partial charge on any atom is 0.416 e. The van der Waals surface area contributed by atoms with Crippen molar-refractivity contribution in [2.24, 2.45) is 0 Å². The Kier molecular flexibility index (Phi) is 5.25. The Labute approximate surface area is 195 Å². The number of halogens is 4. The van der Waals surface area contributed by atoms with E-state index in [-0.39, 0.29) is 23.4 Å². The summed E-state index contributed by atoms with van der Waals surface area (Å²) in [4.78, 5) is 31.3. The highest BCUT2D eigenvalue weighted by Crippen LogP contribution is 2.29. The van der Waals surface area contributed by atoms with Crippen LogP contribution in [0.25, 0.3) is 22.4 Å². The second kappa shape index (κ2) is 8.14. The highest BCUT2D eigenvalue weighted by molar-refractivity contribution is 6.30. The van der Waals surface area contributed by atoms with Crippen LogP contribution in [0.1, 0.15) is 16.7 Å². The van der Waals surface area contributed by atoms with E-state index in [0.717, 1.165) is 17.7 Å². The summed E-state index contributed by atoms with van der Waals surface area (Å²) in [6.07, 6.45) is -2.89. The van der Waals surface area contributed by atoms with E-state index >= 15 is 0 Å². The van der Waals surface area contributed by atoms with Gasteiger partial charge in [0.15, 0.2) is 0 Å². The van der Waals surface area contributed by atoms with Gasteiger partial charge in [-0.25, -0.2) is 9.55 Å². The first-order chi connectivity index (χ1) is 16.2. The van der Waals surface area contributed by atoms with E-state index in [0.29, 0.717) is 15.9 Å². The first-order valence-electron chi connectivity index (χ1n) is 10.2. The van der Waals surface area contributed by atoms with Crippen molar-refractivity contribution in [2.45, 2.75) is 12.6 Å². The lowest BCUT2D eigenvalue weighted by Gasteiger charge is -2.15. The van der Waals surface area contributed by atoms with Crippen molar-refractivity contribution in [1.82, 2.24) is 14.0 Å². The standard InChI is InChI=1S/C25H15ClF3N3O2/c26-18-9-5-15(6-10-18)13-16-14-31-23(34)20-3-1-2-4-21(20)30-24(31)32(22(16)33)19-11-7-17(8-12-19)25(27,28)29/h1-12,14H,13H2. The fourth-order valence-corrected chi connectivity index (χ4v) is 3.96. The van der Waals surface area contributed by atoms with Gasteiger partial charge in [-0.1, -0.05) is 35.9 Å². The summed E-state index contributed by atoms with van der Waals surface area (Å²) < 4.78 is 41.7. The fourth-order valence-electron chi connectivity index (χ4n) is 3.83. The molecular formula is C25H15ClF3N3O2. The van der Waals surface area contributed by atoms with Crippen LogP contribution in [0, 0.1) is 0 Å². The monoisotopic (exact) mass is 481 g/mol. The van der Waals surface area contributed by atoms with Crippen molar-refractivity contribution >= 4 is 28.3 Å². The van der Waals surface area contributed by atoms with Crippen LogP contribution in [-0.2, 0) is 12.6 Å². The summed E-state index contributed by atoms with van der Waals surface area (Å²) in [5, 5.41) is 0.895. The second-order valence-electron chi connectivity index (χ2n) is 7.75. The number of alkyl halides is 3. The van der Waals surface area contributed by atoms with E-state index in [2.05, 4.69) is 4.98 Å². The third-order valence-electron chi connectivity index (χ3n) is 5.51. The Morgan fingerprint density at radius 3 is 2.21 bits per heavy atom. The largest absolute Gasteiger partial charge is 0.416 e. The predicted octanol–water partition coefficient (Wildman–Crippen LogP) is 5.26. The minimum absolute atomic E-state index is 0.00770. The zero-order chi connectivity index (χ0) is 24.0. The molecule has 9 heteroatoms. The molecule has 170 valence electrons. The summed E-state index contributed by atoms with van der Waals surface area (Å²) in [6, 6.07) is 17.7. The van der Waals surface area contributed by atoms with Gasteiger partial charge < -0.3 is 0 Å². The fraction of sp³-hybridized carbons (Fsp3) is 0.0800. The highest BCUT2D eigenvalue weighted by Gasteiger charge is 2.30. The summed E-state index contributed by atoms with van der Waals surface area (Å²) in [6.45, 7) is 0. The molecule has 0 saturated carbocycles. The third kappa shape index (κ3) is 3.86. The van der Waals surface area contributed by atoms with E-state index in [1.165, 1.54) is 27.3 Å². The lowest BCUT2D eigenvalue weighted by atomic mass is 10.1. The molecule has 0 spiro atoms. The number of rotatable bonds is 3. The summed E-state index contributed by atoms with van der Waals surface area (Å²) in [5.74, 6) is 0.00770. The predicted molar refractivity (Wildman–Crippen MR) is 124 cm³/mol. The molecule has 0 fully saturated rings. The zero-order valence-corrected chi connectivity index (χ0v) is 18.1. The van der Waals surface area contributed by atoms with E-state index in [1.807, 2.05) is 0 Å². The molecule has 2 aromatic heterocycles. The number of hydrogen-bond donors (Lipinski definition) is 0. The van der Waals surface area contributed by atoms with Gasteiger partial charge in [-0.15, -0.1) is 0 Å². The molecule has 0 aliphatic heterocycles. The van der Waals surface area contributed by atoms with Crippen LogP contribution < -0.4 is 11.1 Å². The number of para-hydroxylation sites is 1. The Balaban J connectivity index is 1.80. The van der Waals surface area contributed by atoms with Gasteiger partial charge in [0.05, 0.1) is 22.2 Å². The van der Waals surface area contributed by atoms with Crippen molar-refractivity contribution in [3.63, 3.8) is 0 Å². The molecule has 0 amide bonds. The molecule has 0 radical (unpaired) electrons. The molecule has 2 heterocycles. The first-order valence-corrected chi connectivity index (χ1v) is 10.6. The van der Waals surface area contributed by atoms with E-state index < -0.39 is 22.9 Å². The number of hydrogen-bond acceptors (Lipinski definition) is 3. The molecule has 0 aliphatic rings. The second-order valence-corrected chi connectivity index (χ2v) is 8.18. The third-order valence-corrected chi connectivity index (χ3v) is 5.76. The van der Waals surface area contributed by atoms with Crippen molar-refractivity contribution < 1.29 is 13.2 Å². The van der Waals surface area contributed by atoms with Gasteiger partial charge in [0.1, 0.15) is 0 Å². The maximum atomic E-state index is 13.5. The van der Waals surface area contributed by atoms with Crippen LogP contribution in [0.5, 0.6) is 0 Å². The van der Waals surface area contributed by atoms with Crippen LogP contribution in [-0.4, -0.2) is 14.0 Å². The maximum absolute atomic E-state index is 13.5. The minimum atomic E-state index is -4.52. The summed E-state index contributed by atoms with van der Waals surface area (Å²) >= 11 is 5.95. The van der Waals surface area contributed by atoms with Crippen LogP contribution in [0.2, 0.25) is 5.02 Å². The molecule has 5 aromatic rings. The van der Waals surface area contributed by atoms with E-state index in [9.17, 15) is 22.8 Å². The Morgan fingerprint density at radius 1 is 0.853 bits per heavy atom. The van der Waals surface area contributed by atoms with Gasteiger partial charge in [-0.05, 0) is 54.1 Å². The normalized spacial score (nSPS) is 11.9. The van der Waals surface area contributed by atoms with Gasteiger partial charge in [-0.3, -0.25) is 14.0 Å². The molecule has 0 N–H and O–H groups in total. The van der Waals surface area contributed by atoms with Crippen molar-refractivity contribution in [3.05, 3.63) is 121 Å². The first kappa shape index (κ1) is 21.9. The highest BCUT2D eigenvalue weighted by atomic mass is 35.5. The van der Waals surface area contributed by atoms with Crippen molar-refractivity contribution in [3.8, 4) is 5.69 Å². The lowest BCUT2D eigenvalue weighted by Crippen LogP contribution is -2.30. The number of aromatic nitrogens is 3. The lowest BCUT2D eigenvalue weighted by molar-refractivity contribution is -0.137. The van der Waals surface area contributed by atoms with E-state index in [1.54, 1.807) is 48.5 Å². The average molecular weight is 482 g/mol. The molecule has 0 unspecified atom stereocenters. The zero-order valence-electron chi connectivity index (χ0n) is 17.4. The van der Waals surface area contributed by atoms with Crippen LogP contribution >= 0.6 is 11.6 Å². The molecule has 5 rings (SSSR count). The molecule has 0 aliphatic carbocycles. The van der Waals surface area contributed by atoms with Crippen molar-refractivity contribution in [2.75, 3.05) is 0 Å². The quantitative estimate of drug-likeness (QED) is 0.330. The molecule has 3 aromatic carbocycles. The number of benzene rings is 3. The number of nitrogens with zero attached hydrogens (tertiary/aromatic N) is 3. The Bertz CT molecular complexity index is 1660. The smallest absolute Gasteiger partial charge is 0.268 e. The van der Waals surface area contributed by atoms with Gasteiger partial charge in [0, 0.05) is 23.2 Å². The van der Waals surface area contributed by atoms with Gasteiger partial charge >= 0.3 is 6.18 Å². The average Bonchev–Trinajstić information content (AvgIpc) is 2.81. The molecule has 0 atom stereocenters. The molecule has 5 nitrogen and oxygen atoms in total.